The molecule has 3 N–H and O–H groups in total. The van der Waals surface area contributed by atoms with Crippen LogP contribution < -0.4 is 10.6 Å². The molecule has 28 heavy (non-hydrogen) atoms. The van der Waals surface area contributed by atoms with Crippen LogP contribution in [0.2, 0.25) is 0 Å². The van der Waals surface area contributed by atoms with Gasteiger partial charge in [0, 0.05) is 18.9 Å². The van der Waals surface area contributed by atoms with Crippen LogP contribution in [0.1, 0.15) is 44.7 Å². The molecule has 152 valence electrons. The van der Waals surface area contributed by atoms with Gasteiger partial charge in [-0.15, -0.1) is 0 Å². The molecule has 0 heterocycles. The molecule has 0 saturated heterocycles. The summed E-state index contributed by atoms with van der Waals surface area (Å²) in [6.07, 6.45) is 2.17. The lowest BCUT2D eigenvalue weighted by Crippen LogP contribution is -2.40. The molecule has 0 aliphatic rings. The lowest BCUT2D eigenvalue weighted by Gasteiger charge is -2.15. The first-order valence-corrected chi connectivity index (χ1v) is 9.03. The van der Waals surface area contributed by atoms with Crippen LogP contribution in [0.3, 0.4) is 0 Å². The number of carboxylic acid groups (broad SMARTS) is 1. The molecule has 0 aliphatic carbocycles. The van der Waals surface area contributed by atoms with Crippen molar-refractivity contribution in [1.29, 1.82) is 0 Å². The summed E-state index contributed by atoms with van der Waals surface area (Å²) in [7, 11) is 0. The van der Waals surface area contributed by atoms with Crippen molar-refractivity contribution in [1.82, 2.24) is 10.6 Å². The number of amides is 2. The summed E-state index contributed by atoms with van der Waals surface area (Å²) >= 11 is 0. The van der Waals surface area contributed by atoms with E-state index in [9.17, 15) is 19.2 Å². The van der Waals surface area contributed by atoms with Crippen molar-refractivity contribution in [3.63, 3.8) is 0 Å². The minimum atomic E-state index is -1.23. The maximum atomic E-state index is 12.0. The van der Waals surface area contributed by atoms with Crippen LogP contribution in [0.4, 0.5) is 0 Å². The first-order chi connectivity index (χ1) is 13.3. The Labute approximate surface area is 164 Å². The van der Waals surface area contributed by atoms with Gasteiger partial charge in [-0.2, -0.15) is 0 Å². The summed E-state index contributed by atoms with van der Waals surface area (Å²) in [6, 6.07) is 8.00. The summed E-state index contributed by atoms with van der Waals surface area (Å²) in [5.74, 6) is -2.67. The number of rotatable bonds is 11. The number of ether oxygens (including phenoxy) is 1. The Morgan fingerprint density at radius 3 is 2.25 bits per heavy atom. The lowest BCUT2D eigenvalue weighted by molar-refractivity contribution is -0.142. The van der Waals surface area contributed by atoms with Gasteiger partial charge < -0.3 is 20.5 Å². The molecule has 0 saturated carbocycles. The second-order valence-electron chi connectivity index (χ2n) is 6.05. The first kappa shape index (κ1) is 22.9. The van der Waals surface area contributed by atoms with Gasteiger partial charge in [0.25, 0.3) is 0 Å². The normalized spacial score (nSPS) is 12.8. The van der Waals surface area contributed by atoms with Crippen LogP contribution in [0.5, 0.6) is 0 Å². The lowest BCUT2D eigenvalue weighted by atomic mass is 10.1. The third-order valence-electron chi connectivity index (χ3n) is 3.80. The second kappa shape index (κ2) is 12.3. The highest BCUT2D eigenvalue weighted by Crippen LogP contribution is 2.11. The minimum Gasteiger partial charge on any atom is -0.480 e. The average Bonchev–Trinajstić information content (AvgIpc) is 2.66. The van der Waals surface area contributed by atoms with E-state index in [1.807, 2.05) is 37.3 Å². The van der Waals surface area contributed by atoms with Gasteiger partial charge in [0.2, 0.25) is 11.8 Å². The topological polar surface area (TPSA) is 122 Å². The quantitative estimate of drug-likeness (QED) is 0.391. The molecule has 2 amide bonds. The molecular formula is C20H26N2O6. The fraction of sp³-hybridized carbons (Fsp3) is 0.400. The van der Waals surface area contributed by atoms with Crippen LogP contribution in [-0.4, -0.2) is 41.5 Å². The van der Waals surface area contributed by atoms with Crippen LogP contribution >= 0.6 is 0 Å². The maximum absolute atomic E-state index is 12.0. The second-order valence-corrected chi connectivity index (χ2v) is 6.05. The van der Waals surface area contributed by atoms with E-state index < -0.39 is 23.9 Å². The zero-order chi connectivity index (χ0) is 20.9. The van der Waals surface area contributed by atoms with Crippen LogP contribution in [-0.2, 0) is 23.9 Å². The highest BCUT2D eigenvalue weighted by atomic mass is 16.5. The fourth-order valence-corrected chi connectivity index (χ4v) is 2.34. The Balaban J connectivity index is 2.42. The van der Waals surface area contributed by atoms with Crippen molar-refractivity contribution in [3.8, 4) is 0 Å². The number of hydrogen-bond acceptors (Lipinski definition) is 5. The molecule has 2 atom stereocenters. The third-order valence-corrected chi connectivity index (χ3v) is 3.80. The van der Waals surface area contributed by atoms with E-state index >= 15 is 0 Å². The summed E-state index contributed by atoms with van der Waals surface area (Å²) in [6.45, 7) is 3.71. The number of carboxylic acids is 1. The predicted molar refractivity (Wildman–Crippen MR) is 102 cm³/mol. The van der Waals surface area contributed by atoms with Crippen LogP contribution in [0.25, 0.3) is 0 Å². The molecule has 0 aliphatic heterocycles. The van der Waals surface area contributed by atoms with Gasteiger partial charge in [0.05, 0.1) is 12.6 Å². The van der Waals surface area contributed by atoms with Gasteiger partial charge in [-0.1, -0.05) is 36.4 Å². The standard InChI is InChI=1S/C20H26N2O6/c1-3-28-19(25)11-7-10-16(20(26)27)22-18(24)13-12-17(23)21-14(2)15-8-5-4-6-9-15/h4-9,11,14,16H,3,10,12-13H2,1-2H3,(H,21,23)(H,22,24)(H,26,27)/b11-7+/t14-,16+/m1/s1. The molecule has 0 unspecified atom stereocenters. The van der Waals surface area contributed by atoms with Crippen LogP contribution in [0.15, 0.2) is 42.5 Å². The van der Waals surface area contributed by atoms with E-state index in [0.29, 0.717) is 0 Å². The van der Waals surface area contributed by atoms with Gasteiger partial charge in [0.1, 0.15) is 6.04 Å². The Hall–Kier alpha value is -3.16. The monoisotopic (exact) mass is 390 g/mol. The Bertz CT molecular complexity index is 702. The molecule has 0 aromatic heterocycles. The predicted octanol–water partition coefficient (Wildman–Crippen LogP) is 1.72. The summed E-state index contributed by atoms with van der Waals surface area (Å²) in [4.78, 5) is 46.4. The zero-order valence-corrected chi connectivity index (χ0v) is 16.0. The summed E-state index contributed by atoms with van der Waals surface area (Å²) in [5.41, 5.74) is 0.944. The molecule has 1 aromatic rings. The molecular weight excluding hydrogens is 364 g/mol. The number of esters is 1. The zero-order valence-electron chi connectivity index (χ0n) is 16.0. The van der Waals surface area contributed by atoms with E-state index in [1.54, 1.807) is 6.92 Å². The van der Waals surface area contributed by atoms with E-state index in [0.717, 1.165) is 11.6 Å². The number of hydrogen-bond donors (Lipinski definition) is 3. The molecule has 8 nitrogen and oxygen atoms in total. The van der Waals surface area contributed by atoms with Crippen molar-refractivity contribution in [2.75, 3.05) is 6.61 Å². The Morgan fingerprint density at radius 2 is 1.68 bits per heavy atom. The molecule has 0 bridgehead atoms. The van der Waals surface area contributed by atoms with Crippen molar-refractivity contribution >= 4 is 23.8 Å². The highest BCUT2D eigenvalue weighted by molar-refractivity contribution is 5.87. The van der Waals surface area contributed by atoms with E-state index in [4.69, 9.17) is 5.11 Å². The van der Waals surface area contributed by atoms with Crippen LogP contribution in [0, 0.1) is 0 Å². The van der Waals surface area contributed by atoms with Gasteiger partial charge in [-0.25, -0.2) is 9.59 Å². The maximum Gasteiger partial charge on any atom is 0.330 e. The number of benzene rings is 1. The number of carbonyl (C=O) groups excluding carboxylic acids is 3. The van der Waals surface area contributed by atoms with Gasteiger partial charge in [-0.3, -0.25) is 9.59 Å². The highest BCUT2D eigenvalue weighted by Gasteiger charge is 2.19. The Morgan fingerprint density at radius 1 is 1.07 bits per heavy atom. The molecule has 0 radical (unpaired) electrons. The minimum absolute atomic E-state index is 0.0615. The van der Waals surface area contributed by atoms with Gasteiger partial charge in [0.15, 0.2) is 0 Å². The third kappa shape index (κ3) is 8.98. The van der Waals surface area contributed by atoms with Crippen molar-refractivity contribution < 1.29 is 29.0 Å². The SMILES string of the molecule is CCOC(=O)/C=C/C[C@H](NC(=O)CCC(=O)N[C@H](C)c1ccccc1)C(=O)O. The van der Waals surface area contributed by atoms with E-state index in [-0.39, 0.29) is 37.8 Å². The fourth-order valence-electron chi connectivity index (χ4n) is 2.34. The average molecular weight is 390 g/mol. The molecule has 8 heteroatoms. The summed E-state index contributed by atoms with van der Waals surface area (Å²) < 4.78 is 4.69. The first-order valence-electron chi connectivity index (χ1n) is 9.03. The molecule has 0 spiro atoms. The number of aliphatic carboxylic acids is 1. The molecule has 0 fully saturated rings. The molecule has 1 aromatic carbocycles. The van der Waals surface area contributed by atoms with Crippen molar-refractivity contribution in [2.45, 2.75) is 45.2 Å². The number of nitrogens with one attached hydrogen (secondary N) is 2. The smallest absolute Gasteiger partial charge is 0.330 e. The van der Waals surface area contributed by atoms with Crippen molar-refractivity contribution in [2.24, 2.45) is 0 Å². The van der Waals surface area contributed by atoms with Crippen molar-refractivity contribution in [3.05, 3.63) is 48.0 Å². The van der Waals surface area contributed by atoms with Gasteiger partial charge >= 0.3 is 11.9 Å². The van der Waals surface area contributed by atoms with E-state index in [2.05, 4.69) is 15.4 Å². The number of carbonyl (C=O) groups is 4. The summed E-state index contributed by atoms with van der Waals surface area (Å²) in [5, 5.41) is 14.3. The van der Waals surface area contributed by atoms with E-state index in [1.165, 1.54) is 6.08 Å². The Kier molecular flexibility index (Phi) is 10.0. The largest absolute Gasteiger partial charge is 0.480 e. The van der Waals surface area contributed by atoms with Gasteiger partial charge in [-0.05, 0) is 25.8 Å². The molecule has 1 rings (SSSR count).